The van der Waals surface area contributed by atoms with Crippen molar-refractivity contribution in [2.45, 2.75) is 25.7 Å². The zero-order chi connectivity index (χ0) is 22.6. The van der Waals surface area contributed by atoms with Crippen LogP contribution in [0.25, 0.3) is 6.08 Å². The number of carbonyl (C=O) groups excluding carboxylic acids is 1. The third-order valence-corrected chi connectivity index (χ3v) is 6.30. The lowest BCUT2D eigenvalue weighted by atomic mass is 10.1. The molecule has 3 aromatic carbocycles. The highest BCUT2D eigenvalue weighted by Crippen LogP contribution is 2.26. The Bertz CT molecular complexity index is 1200. The van der Waals surface area contributed by atoms with Crippen LogP contribution in [0.2, 0.25) is 0 Å². The van der Waals surface area contributed by atoms with Crippen LogP contribution in [-0.4, -0.2) is 21.3 Å². The van der Waals surface area contributed by atoms with E-state index in [4.69, 9.17) is 8.92 Å². The molecule has 0 saturated carbocycles. The predicted octanol–water partition coefficient (Wildman–Crippen LogP) is 5.28. The fourth-order valence-electron chi connectivity index (χ4n) is 3.39. The summed E-state index contributed by atoms with van der Waals surface area (Å²) in [5.74, 6) is 0.746. The Morgan fingerprint density at radius 2 is 1.39 bits per heavy atom. The van der Waals surface area contributed by atoms with Crippen molar-refractivity contribution in [2.75, 3.05) is 7.11 Å². The molecule has 0 unspecified atom stereocenters. The Labute approximate surface area is 183 Å². The molecule has 0 saturated heterocycles. The number of ether oxygens (including phenoxy) is 1. The monoisotopic (exact) mass is 436 g/mol. The Morgan fingerprint density at radius 1 is 0.839 bits per heavy atom. The summed E-state index contributed by atoms with van der Waals surface area (Å²) in [6, 6.07) is 17.0. The van der Waals surface area contributed by atoms with Crippen LogP contribution in [0, 0.1) is 20.8 Å². The van der Waals surface area contributed by atoms with Crippen molar-refractivity contribution in [3.05, 3.63) is 94.6 Å². The lowest BCUT2D eigenvalue weighted by Crippen LogP contribution is -2.13. The quantitative estimate of drug-likeness (QED) is 0.286. The highest BCUT2D eigenvalue weighted by molar-refractivity contribution is 7.87. The van der Waals surface area contributed by atoms with Gasteiger partial charge in [-0.3, -0.25) is 4.79 Å². The molecule has 0 N–H and O–H groups in total. The van der Waals surface area contributed by atoms with Gasteiger partial charge in [0.2, 0.25) is 0 Å². The van der Waals surface area contributed by atoms with E-state index >= 15 is 0 Å². The van der Waals surface area contributed by atoms with Crippen LogP contribution in [0.4, 0.5) is 0 Å². The minimum Gasteiger partial charge on any atom is -0.497 e. The SMILES string of the molecule is COc1ccc(C(=O)/C=C/c2ccc(OS(=O)(=O)c3c(C)cc(C)cc3C)cc2)cc1. The van der Waals surface area contributed by atoms with E-state index in [0.29, 0.717) is 22.4 Å². The number of rotatable bonds is 7. The molecule has 0 aliphatic rings. The molecule has 0 aliphatic carbocycles. The summed E-state index contributed by atoms with van der Waals surface area (Å²) in [6.07, 6.45) is 3.13. The number of carbonyl (C=O) groups is 1. The van der Waals surface area contributed by atoms with Gasteiger partial charge in [0.25, 0.3) is 0 Å². The highest BCUT2D eigenvalue weighted by Gasteiger charge is 2.22. The number of aryl methyl sites for hydroxylation is 3. The first-order valence-electron chi connectivity index (χ1n) is 9.68. The van der Waals surface area contributed by atoms with E-state index in [9.17, 15) is 13.2 Å². The highest BCUT2D eigenvalue weighted by atomic mass is 32.2. The number of methoxy groups -OCH3 is 1. The number of benzene rings is 3. The molecule has 0 aromatic heterocycles. The molecule has 0 amide bonds. The van der Waals surface area contributed by atoms with E-state index in [2.05, 4.69) is 0 Å². The zero-order valence-electron chi connectivity index (χ0n) is 17.9. The van der Waals surface area contributed by atoms with Crippen LogP contribution in [-0.2, 0) is 10.1 Å². The molecule has 0 radical (unpaired) electrons. The molecule has 160 valence electrons. The molecule has 0 aliphatic heterocycles. The van der Waals surface area contributed by atoms with Gasteiger partial charge in [-0.2, -0.15) is 8.42 Å². The molecule has 5 nitrogen and oxygen atoms in total. The summed E-state index contributed by atoms with van der Waals surface area (Å²) < 4.78 is 36.0. The van der Waals surface area contributed by atoms with Crippen molar-refractivity contribution in [3.63, 3.8) is 0 Å². The van der Waals surface area contributed by atoms with Crippen molar-refractivity contribution < 1.29 is 22.1 Å². The Kier molecular flexibility index (Phi) is 6.61. The number of hydrogen-bond donors (Lipinski definition) is 0. The van der Waals surface area contributed by atoms with Gasteiger partial charge in [0.05, 0.1) is 7.11 Å². The summed E-state index contributed by atoms with van der Waals surface area (Å²) in [5.41, 5.74) is 3.58. The summed E-state index contributed by atoms with van der Waals surface area (Å²) in [4.78, 5) is 12.5. The van der Waals surface area contributed by atoms with Gasteiger partial charge in [-0.15, -0.1) is 0 Å². The molecule has 0 bridgehead atoms. The fourth-order valence-corrected chi connectivity index (χ4v) is 4.74. The smallest absolute Gasteiger partial charge is 0.339 e. The maximum absolute atomic E-state index is 12.8. The first-order chi connectivity index (χ1) is 14.7. The van der Waals surface area contributed by atoms with Crippen molar-refractivity contribution >= 4 is 22.0 Å². The maximum Gasteiger partial charge on any atom is 0.339 e. The lowest BCUT2D eigenvalue weighted by Gasteiger charge is -2.13. The van der Waals surface area contributed by atoms with Gasteiger partial charge in [-0.1, -0.05) is 35.9 Å². The second-order valence-electron chi connectivity index (χ2n) is 7.26. The summed E-state index contributed by atoms with van der Waals surface area (Å²) in [5, 5.41) is 0. The average Bonchev–Trinajstić information content (AvgIpc) is 2.71. The topological polar surface area (TPSA) is 69.7 Å². The fraction of sp³-hybridized carbons (Fsp3) is 0.160. The summed E-state index contributed by atoms with van der Waals surface area (Å²) in [7, 11) is -2.39. The summed E-state index contributed by atoms with van der Waals surface area (Å²) >= 11 is 0. The van der Waals surface area contributed by atoms with Gasteiger partial charge in [-0.05, 0) is 79.9 Å². The van der Waals surface area contributed by atoms with Gasteiger partial charge in [0.15, 0.2) is 5.78 Å². The predicted molar refractivity (Wildman–Crippen MR) is 121 cm³/mol. The van der Waals surface area contributed by atoms with E-state index in [1.54, 1.807) is 75.6 Å². The molecule has 31 heavy (non-hydrogen) atoms. The van der Waals surface area contributed by atoms with Crippen molar-refractivity contribution in [2.24, 2.45) is 0 Å². The molecule has 0 fully saturated rings. The first kappa shape index (κ1) is 22.3. The van der Waals surface area contributed by atoms with E-state index < -0.39 is 10.1 Å². The maximum atomic E-state index is 12.8. The van der Waals surface area contributed by atoms with Crippen molar-refractivity contribution in [1.29, 1.82) is 0 Å². The van der Waals surface area contributed by atoms with E-state index in [-0.39, 0.29) is 16.4 Å². The van der Waals surface area contributed by atoms with Gasteiger partial charge >= 0.3 is 10.1 Å². The molecular formula is C25H24O5S. The van der Waals surface area contributed by atoms with Crippen LogP contribution in [0.15, 0.2) is 71.6 Å². The largest absolute Gasteiger partial charge is 0.497 e. The van der Waals surface area contributed by atoms with Crippen LogP contribution < -0.4 is 8.92 Å². The number of hydrogen-bond acceptors (Lipinski definition) is 5. The minimum absolute atomic E-state index is 0.143. The average molecular weight is 437 g/mol. The van der Waals surface area contributed by atoms with Crippen LogP contribution in [0.5, 0.6) is 11.5 Å². The molecular weight excluding hydrogens is 412 g/mol. The lowest BCUT2D eigenvalue weighted by molar-refractivity contribution is 0.104. The second-order valence-corrected chi connectivity index (χ2v) is 8.74. The second kappa shape index (κ2) is 9.18. The van der Waals surface area contributed by atoms with Gasteiger partial charge < -0.3 is 8.92 Å². The molecule has 0 spiro atoms. The normalized spacial score (nSPS) is 11.5. The van der Waals surface area contributed by atoms with E-state index in [1.807, 2.05) is 19.1 Å². The third kappa shape index (κ3) is 5.41. The Balaban J connectivity index is 1.72. The zero-order valence-corrected chi connectivity index (χ0v) is 18.7. The summed E-state index contributed by atoms with van der Waals surface area (Å²) in [6.45, 7) is 5.43. The van der Waals surface area contributed by atoms with Crippen LogP contribution in [0.1, 0.15) is 32.6 Å². The number of ketones is 1. The van der Waals surface area contributed by atoms with Gasteiger partial charge in [-0.25, -0.2) is 0 Å². The first-order valence-corrected chi connectivity index (χ1v) is 11.1. The van der Waals surface area contributed by atoms with Crippen LogP contribution >= 0.6 is 0 Å². The molecule has 3 aromatic rings. The van der Waals surface area contributed by atoms with Crippen LogP contribution in [0.3, 0.4) is 0 Å². The standard InChI is InChI=1S/C25H24O5S/c1-17-15-18(2)25(19(3)16-17)31(27,28)30-23-10-5-20(6-11-23)7-14-24(26)21-8-12-22(29-4)13-9-21/h5-16H,1-4H3/b14-7+. The Morgan fingerprint density at radius 3 is 1.94 bits per heavy atom. The van der Waals surface area contributed by atoms with E-state index in [0.717, 1.165) is 11.1 Å². The third-order valence-electron chi connectivity index (χ3n) is 4.74. The molecule has 0 heterocycles. The molecule has 0 atom stereocenters. The van der Waals surface area contributed by atoms with Gasteiger partial charge in [0.1, 0.15) is 16.4 Å². The van der Waals surface area contributed by atoms with E-state index in [1.165, 1.54) is 6.08 Å². The Hall–Kier alpha value is -3.38. The minimum atomic E-state index is -3.95. The van der Waals surface area contributed by atoms with Crippen molar-refractivity contribution in [1.82, 2.24) is 0 Å². The van der Waals surface area contributed by atoms with Gasteiger partial charge in [0, 0.05) is 5.56 Å². The molecule has 6 heteroatoms. The molecule has 3 rings (SSSR count). The van der Waals surface area contributed by atoms with Crippen molar-refractivity contribution in [3.8, 4) is 11.5 Å². The number of allylic oxidation sites excluding steroid dienone is 1.